The molecule has 100 valence electrons. The number of carbonyl (C=O) groups excluding carboxylic acids is 1. The molecule has 0 aliphatic carbocycles. The van der Waals surface area contributed by atoms with Crippen molar-refractivity contribution in [3.05, 3.63) is 35.9 Å². The minimum absolute atomic E-state index is 0.0655. The summed E-state index contributed by atoms with van der Waals surface area (Å²) in [6.45, 7) is 6.92. The molecule has 0 heterocycles. The molecule has 0 radical (unpaired) electrons. The normalized spacial score (nSPS) is 13.7. The average molecular weight is 248 g/mol. The van der Waals surface area contributed by atoms with Gasteiger partial charge in [0.2, 0.25) is 0 Å². The molecule has 0 aromatic heterocycles. The average Bonchev–Trinajstić information content (AvgIpc) is 2.37. The van der Waals surface area contributed by atoms with Crippen LogP contribution in [0.5, 0.6) is 0 Å². The highest BCUT2D eigenvalue weighted by Crippen LogP contribution is 2.06. The Hall–Kier alpha value is -1.51. The van der Waals surface area contributed by atoms with Crippen molar-refractivity contribution in [1.82, 2.24) is 10.6 Å². The van der Waals surface area contributed by atoms with E-state index in [4.69, 9.17) is 0 Å². The van der Waals surface area contributed by atoms with Crippen LogP contribution in [0.1, 0.15) is 32.8 Å². The lowest BCUT2D eigenvalue weighted by molar-refractivity contribution is 0.236. The summed E-state index contributed by atoms with van der Waals surface area (Å²) >= 11 is 0. The van der Waals surface area contributed by atoms with Crippen LogP contribution in [0, 0.1) is 5.92 Å². The predicted octanol–water partition coefficient (Wildman–Crippen LogP) is 2.96. The summed E-state index contributed by atoms with van der Waals surface area (Å²) in [6.07, 6.45) is 1.94. The second kappa shape index (κ2) is 7.75. The van der Waals surface area contributed by atoms with Gasteiger partial charge in [0.15, 0.2) is 0 Å². The fourth-order valence-corrected chi connectivity index (χ4v) is 1.73. The first-order chi connectivity index (χ1) is 8.61. The van der Waals surface area contributed by atoms with E-state index in [0.717, 1.165) is 12.8 Å². The summed E-state index contributed by atoms with van der Waals surface area (Å²) in [5, 5.41) is 5.82. The fourth-order valence-electron chi connectivity index (χ4n) is 1.73. The summed E-state index contributed by atoms with van der Waals surface area (Å²) in [4.78, 5) is 11.5. The van der Waals surface area contributed by atoms with Crippen LogP contribution in [0.25, 0.3) is 0 Å². The van der Waals surface area contributed by atoms with Crippen molar-refractivity contribution in [2.45, 2.75) is 39.7 Å². The van der Waals surface area contributed by atoms with Crippen LogP contribution in [-0.2, 0) is 6.42 Å². The van der Waals surface area contributed by atoms with E-state index in [1.807, 2.05) is 25.1 Å². The fraction of sp³-hybridized carbons (Fsp3) is 0.533. The number of urea groups is 1. The molecule has 2 unspecified atom stereocenters. The molecule has 0 fully saturated rings. The summed E-state index contributed by atoms with van der Waals surface area (Å²) in [6, 6.07) is 10.5. The number of rotatable bonds is 6. The zero-order chi connectivity index (χ0) is 13.4. The Labute approximate surface area is 110 Å². The highest BCUT2D eigenvalue weighted by molar-refractivity contribution is 5.74. The molecule has 0 saturated heterocycles. The summed E-state index contributed by atoms with van der Waals surface area (Å²) in [5.74, 6) is 0.440. The van der Waals surface area contributed by atoms with Crippen molar-refractivity contribution >= 4 is 6.03 Å². The largest absolute Gasteiger partial charge is 0.338 e. The number of carbonyl (C=O) groups is 1. The molecule has 0 bridgehead atoms. The summed E-state index contributed by atoms with van der Waals surface area (Å²) < 4.78 is 0. The van der Waals surface area contributed by atoms with Gasteiger partial charge in [0.25, 0.3) is 0 Å². The van der Waals surface area contributed by atoms with Gasteiger partial charge in [-0.05, 0) is 31.2 Å². The number of amides is 2. The maximum atomic E-state index is 11.5. The van der Waals surface area contributed by atoms with Crippen molar-refractivity contribution < 1.29 is 4.79 Å². The Kier molecular flexibility index (Phi) is 6.26. The molecule has 1 aromatic carbocycles. The SMILES string of the molecule is CCC(C)NC(=O)NCC(C)Cc1ccccc1. The van der Waals surface area contributed by atoms with Crippen LogP contribution in [0.15, 0.2) is 30.3 Å². The minimum atomic E-state index is -0.0655. The Morgan fingerprint density at radius 1 is 1.22 bits per heavy atom. The highest BCUT2D eigenvalue weighted by Gasteiger charge is 2.07. The van der Waals surface area contributed by atoms with Crippen molar-refractivity contribution in [1.29, 1.82) is 0 Å². The second-order valence-electron chi connectivity index (χ2n) is 4.96. The lowest BCUT2D eigenvalue weighted by Crippen LogP contribution is -2.42. The second-order valence-corrected chi connectivity index (χ2v) is 4.96. The molecule has 3 nitrogen and oxygen atoms in total. The van der Waals surface area contributed by atoms with E-state index in [-0.39, 0.29) is 12.1 Å². The molecular weight excluding hydrogens is 224 g/mol. The van der Waals surface area contributed by atoms with Gasteiger partial charge < -0.3 is 10.6 Å². The molecule has 0 saturated carbocycles. The van der Waals surface area contributed by atoms with Gasteiger partial charge >= 0.3 is 6.03 Å². The van der Waals surface area contributed by atoms with E-state index in [1.165, 1.54) is 5.56 Å². The zero-order valence-corrected chi connectivity index (χ0v) is 11.6. The van der Waals surface area contributed by atoms with Gasteiger partial charge in [0.05, 0.1) is 0 Å². The van der Waals surface area contributed by atoms with Gasteiger partial charge in [-0.15, -0.1) is 0 Å². The van der Waals surface area contributed by atoms with E-state index in [2.05, 4.69) is 36.6 Å². The summed E-state index contributed by atoms with van der Waals surface area (Å²) in [5.41, 5.74) is 1.31. The highest BCUT2D eigenvalue weighted by atomic mass is 16.2. The molecule has 2 N–H and O–H groups in total. The quantitative estimate of drug-likeness (QED) is 0.798. The first-order valence-electron chi connectivity index (χ1n) is 6.70. The van der Waals surface area contributed by atoms with Crippen LogP contribution >= 0.6 is 0 Å². The molecule has 3 heteroatoms. The van der Waals surface area contributed by atoms with Crippen molar-refractivity contribution in [3.63, 3.8) is 0 Å². The van der Waals surface area contributed by atoms with Gasteiger partial charge in [0.1, 0.15) is 0 Å². The number of hydrogen-bond donors (Lipinski definition) is 2. The maximum Gasteiger partial charge on any atom is 0.315 e. The van der Waals surface area contributed by atoms with Crippen LogP contribution in [0.3, 0.4) is 0 Å². The molecule has 1 rings (SSSR count). The van der Waals surface area contributed by atoms with Crippen molar-refractivity contribution in [2.24, 2.45) is 5.92 Å². The van der Waals surface area contributed by atoms with E-state index in [9.17, 15) is 4.79 Å². The third kappa shape index (κ3) is 5.71. The zero-order valence-electron chi connectivity index (χ0n) is 11.6. The maximum absolute atomic E-state index is 11.5. The number of benzene rings is 1. The molecule has 18 heavy (non-hydrogen) atoms. The van der Waals surface area contributed by atoms with Crippen molar-refractivity contribution in [2.75, 3.05) is 6.54 Å². The third-order valence-electron chi connectivity index (χ3n) is 3.03. The van der Waals surface area contributed by atoms with Gasteiger partial charge in [-0.25, -0.2) is 4.79 Å². The van der Waals surface area contributed by atoms with Crippen LogP contribution in [0.4, 0.5) is 4.79 Å². The molecule has 0 aliphatic rings. The topological polar surface area (TPSA) is 41.1 Å². The van der Waals surface area contributed by atoms with E-state index in [1.54, 1.807) is 0 Å². The standard InChI is InChI=1S/C15H24N2O/c1-4-13(3)17-15(18)16-11-12(2)10-14-8-6-5-7-9-14/h5-9,12-13H,4,10-11H2,1-3H3,(H2,16,17,18). The lowest BCUT2D eigenvalue weighted by atomic mass is 10.0. The number of hydrogen-bond acceptors (Lipinski definition) is 1. The van der Waals surface area contributed by atoms with E-state index in [0.29, 0.717) is 12.5 Å². The molecular formula is C15H24N2O. The Bertz CT molecular complexity index is 351. The first-order valence-corrected chi connectivity index (χ1v) is 6.70. The van der Waals surface area contributed by atoms with E-state index >= 15 is 0 Å². The van der Waals surface area contributed by atoms with Crippen LogP contribution in [0.2, 0.25) is 0 Å². The Morgan fingerprint density at radius 3 is 2.50 bits per heavy atom. The van der Waals surface area contributed by atoms with Crippen LogP contribution in [-0.4, -0.2) is 18.6 Å². The summed E-state index contributed by atoms with van der Waals surface area (Å²) in [7, 11) is 0. The Morgan fingerprint density at radius 2 is 1.89 bits per heavy atom. The third-order valence-corrected chi connectivity index (χ3v) is 3.03. The van der Waals surface area contributed by atoms with Gasteiger partial charge in [0, 0.05) is 12.6 Å². The lowest BCUT2D eigenvalue weighted by Gasteiger charge is -2.15. The van der Waals surface area contributed by atoms with Crippen LogP contribution < -0.4 is 10.6 Å². The molecule has 2 amide bonds. The van der Waals surface area contributed by atoms with Gasteiger partial charge in [-0.3, -0.25) is 0 Å². The van der Waals surface area contributed by atoms with Gasteiger partial charge in [-0.2, -0.15) is 0 Å². The first kappa shape index (κ1) is 14.6. The Balaban J connectivity index is 2.25. The molecule has 1 aromatic rings. The monoisotopic (exact) mass is 248 g/mol. The molecule has 2 atom stereocenters. The minimum Gasteiger partial charge on any atom is -0.338 e. The molecule has 0 aliphatic heterocycles. The smallest absolute Gasteiger partial charge is 0.315 e. The number of nitrogens with one attached hydrogen (secondary N) is 2. The van der Waals surface area contributed by atoms with E-state index < -0.39 is 0 Å². The van der Waals surface area contributed by atoms with Crippen molar-refractivity contribution in [3.8, 4) is 0 Å². The predicted molar refractivity (Wildman–Crippen MR) is 75.6 cm³/mol. The van der Waals surface area contributed by atoms with Gasteiger partial charge in [-0.1, -0.05) is 44.2 Å². The molecule has 0 spiro atoms.